The van der Waals surface area contributed by atoms with Gasteiger partial charge in [-0.15, -0.1) is 0 Å². The molecule has 1 aromatic carbocycles. The Morgan fingerprint density at radius 3 is 2.71 bits per heavy atom. The van der Waals surface area contributed by atoms with Gasteiger partial charge in [0, 0.05) is 12.2 Å². The van der Waals surface area contributed by atoms with Gasteiger partial charge in [-0.05, 0) is 24.0 Å². The predicted octanol–water partition coefficient (Wildman–Crippen LogP) is 1.90. The van der Waals surface area contributed by atoms with Crippen molar-refractivity contribution in [3.63, 3.8) is 0 Å². The van der Waals surface area contributed by atoms with Crippen LogP contribution in [-0.4, -0.2) is 31.6 Å². The first kappa shape index (κ1) is 15.4. The highest BCUT2D eigenvalue weighted by Gasteiger charge is 2.31. The first-order valence-corrected chi connectivity index (χ1v) is 7.25. The number of benzene rings is 1. The van der Waals surface area contributed by atoms with Crippen LogP contribution in [0.15, 0.2) is 24.3 Å². The van der Waals surface area contributed by atoms with Crippen molar-refractivity contribution in [2.24, 2.45) is 5.92 Å². The van der Waals surface area contributed by atoms with Crippen LogP contribution in [-0.2, 0) is 14.3 Å². The summed E-state index contributed by atoms with van der Waals surface area (Å²) in [6.07, 6.45) is 0.717. The standard InChI is InChI=1S/C16H22N2O3/c1-10(2)14(16(20)21-3)18-15(19)12-8-9-17-13-7-5-4-6-11(12)13/h4-7,10,12,14,17H,8-9H2,1-3H3,(H,18,19). The number of anilines is 1. The summed E-state index contributed by atoms with van der Waals surface area (Å²) in [5.41, 5.74) is 1.97. The number of fused-ring (bicyclic) bond motifs is 1. The minimum Gasteiger partial charge on any atom is -0.467 e. The zero-order valence-corrected chi connectivity index (χ0v) is 12.7. The fourth-order valence-electron chi connectivity index (χ4n) is 2.62. The molecule has 1 aromatic rings. The van der Waals surface area contributed by atoms with Gasteiger partial charge in [-0.3, -0.25) is 4.79 Å². The SMILES string of the molecule is COC(=O)C(NC(=O)C1CCNc2ccccc21)C(C)C. The number of hydrogen-bond acceptors (Lipinski definition) is 4. The fourth-order valence-corrected chi connectivity index (χ4v) is 2.62. The molecule has 114 valence electrons. The molecule has 0 saturated heterocycles. The largest absolute Gasteiger partial charge is 0.467 e. The Bertz CT molecular complexity index is 528. The van der Waals surface area contributed by atoms with Crippen molar-refractivity contribution >= 4 is 17.6 Å². The van der Waals surface area contributed by atoms with Crippen molar-refractivity contribution in [3.05, 3.63) is 29.8 Å². The second-order valence-electron chi connectivity index (χ2n) is 5.61. The third-order valence-corrected chi connectivity index (χ3v) is 3.82. The lowest BCUT2D eigenvalue weighted by Crippen LogP contribution is -2.47. The van der Waals surface area contributed by atoms with Gasteiger partial charge in [-0.2, -0.15) is 0 Å². The number of rotatable bonds is 4. The van der Waals surface area contributed by atoms with Gasteiger partial charge < -0.3 is 15.4 Å². The first-order valence-electron chi connectivity index (χ1n) is 7.25. The Morgan fingerprint density at radius 2 is 2.05 bits per heavy atom. The van der Waals surface area contributed by atoms with Crippen LogP contribution in [0.5, 0.6) is 0 Å². The molecule has 5 heteroatoms. The molecule has 0 bridgehead atoms. The Balaban J connectivity index is 2.16. The summed E-state index contributed by atoms with van der Waals surface area (Å²) in [5.74, 6) is -0.764. The smallest absolute Gasteiger partial charge is 0.328 e. The topological polar surface area (TPSA) is 67.4 Å². The number of ether oxygens (including phenoxy) is 1. The van der Waals surface area contributed by atoms with E-state index in [1.165, 1.54) is 7.11 Å². The maximum Gasteiger partial charge on any atom is 0.328 e. The zero-order chi connectivity index (χ0) is 15.4. The molecule has 0 aliphatic carbocycles. The van der Waals surface area contributed by atoms with E-state index in [1.807, 2.05) is 38.1 Å². The van der Waals surface area contributed by atoms with Gasteiger partial charge in [0.25, 0.3) is 0 Å². The van der Waals surface area contributed by atoms with Crippen molar-refractivity contribution < 1.29 is 14.3 Å². The van der Waals surface area contributed by atoms with E-state index >= 15 is 0 Å². The number of carbonyl (C=O) groups excluding carboxylic acids is 2. The van der Waals surface area contributed by atoms with Crippen LogP contribution in [0.3, 0.4) is 0 Å². The Morgan fingerprint density at radius 1 is 1.33 bits per heavy atom. The van der Waals surface area contributed by atoms with E-state index in [2.05, 4.69) is 10.6 Å². The molecular formula is C16H22N2O3. The van der Waals surface area contributed by atoms with Gasteiger partial charge in [0.2, 0.25) is 5.91 Å². The van der Waals surface area contributed by atoms with E-state index in [-0.39, 0.29) is 17.7 Å². The van der Waals surface area contributed by atoms with Crippen LogP contribution in [0.2, 0.25) is 0 Å². The second kappa shape index (κ2) is 6.61. The predicted molar refractivity (Wildman–Crippen MR) is 81.1 cm³/mol. The molecule has 1 heterocycles. The van der Waals surface area contributed by atoms with Crippen molar-refractivity contribution in [1.29, 1.82) is 0 Å². The monoisotopic (exact) mass is 290 g/mol. The highest BCUT2D eigenvalue weighted by Crippen LogP contribution is 2.31. The van der Waals surface area contributed by atoms with Gasteiger partial charge in [-0.1, -0.05) is 32.0 Å². The molecular weight excluding hydrogens is 268 g/mol. The van der Waals surface area contributed by atoms with E-state index in [9.17, 15) is 9.59 Å². The van der Waals surface area contributed by atoms with Crippen LogP contribution in [0, 0.1) is 5.92 Å². The normalized spacial score (nSPS) is 18.4. The number of methoxy groups -OCH3 is 1. The molecule has 0 spiro atoms. The second-order valence-corrected chi connectivity index (χ2v) is 5.61. The number of carbonyl (C=O) groups is 2. The molecule has 2 atom stereocenters. The zero-order valence-electron chi connectivity index (χ0n) is 12.7. The highest BCUT2D eigenvalue weighted by molar-refractivity contribution is 5.90. The Hall–Kier alpha value is -2.04. The molecule has 1 amide bonds. The van der Waals surface area contributed by atoms with E-state index in [0.717, 1.165) is 24.2 Å². The molecule has 2 rings (SSSR count). The van der Waals surface area contributed by atoms with Gasteiger partial charge in [-0.25, -0.2) is 4.79 Å². The van der Waals surface area contributed by atoms with Crippen molar-refractivity contribution in [2.45, 2.75) is 32.2 Å². The molecule has 0 aromatic heterocycles. The highest BCUT2D eigenvalue weighted by atomic mass is 16.5. The maximum atomic E-state index is 12.5. The lowest BCUT2D eigenvalue weighted by Gasteiger charge is -2.28. The number of para-hydroxylation sites is 1. The first-order chi connectivity index (χ1) is 10.0. The third kappa shape index (κ3) is 3.35. The van der Waals surface area contributed by atoms with Crippen LogP contribution < -0.4 is 10.6 Å². The van der Waals surface area contributed by atoms with Gasteiger partial charge in [0.05, 0.1) is 13.0 Å². The number of hydrogen-bond donors (Lipinski definition) is 2. The minimum atomic E-state index is -0.607. The Kier molecular flexibility index (Phi) is 4.83. The average Bonchev–Trinajstić information content (AvgIpc) is 2.50. The summed E-state index contributed by atoms with van der Waals surface area (Å²) in [6, 6.07) is 7.18. The van der Waals surface area contributed by atoms with Crippen molar-refractivity contribution in [1.82, 2.24) is 5.32 Å². The summed E-state index contributed by atoms with van der Waals surface area (Å²) in [4.78, 5) is 24.3. The summed E-state index contributed by atoms with van der Waals surface area (Å²) in [7, 11) is 1.34. The number of amides is 1. The van der Waals surface area contributed by atoms with Crippen LogP contribution in [0.4, 0.5) is 5.69 Å². The quantitative estimate of drug-likeness (QED) is 0.831. The molecule has 0 radical (unpaired) electrons. The molecule has 21 heavy (non-hydrogen) atoms. The van der Waals surface area contributed by atoms with Gasteiger partial charge >= 0.3 is 5.97 Å². The average molecular weight is 290 g/mol. The summed E-state index contributed by atoms with van der Waals surface area (Å²) < 4.78 is 4.77. The van der Waals surface area contributed by atoms with Gasteiger partial charge in [0.1, 0.15) is 6.04 Å². The summed E-state index contributed by atoms with van der Waals surface area (Å²) in [5, 5.41) is 6.12. The minimum absolute atomic E-state index is 0.0154. The summed E-state index contributed by atoms with van der Waals surface area (Å²) >= 11 is 0. The lowest BCUT2D eigenvalue weighted by atomic mass is 9.89. The molecule has 0 fully saturated rings. The number of nitrogens with one attached hydrogen (secondary N) is 2. The molecule has 5 nitrogen and oxygen atoms in total. The van der Waals surface area contributed by atoms with E-state index < -0.39 is 12.0 Å². The lowest BCUT2D eigenvalue weighted by molar-refractivity contribution is -0.146. The van der Waals surface area contributed by atoms with Crippen LogP contribution >= 0.6 is 0 Å². The van der Waals surface area contributed by atoms with Crippen molar-refractivity contribution in [3.8, 4) is 0 Å². The van der Waals surface area contributed by atoms with Crippen LogP contribution in [0.25, 0.3) is 0 Å². The van der Waals surface area contributed by atoms with E-state index in [0.29, 0.717) is 0 Å². The molecule has 1 aliphatic heterocycles. The van der Waals surface area contributed by atoms with E-state index in [1.54, 1.807) is 0 Å². The van der Waals surface area contributed by atoms with E-state index in [4.69, 9.17) is 4.74 Å². The summed E-state index contributed by atoms with van der Waals surface area (Å²) in [6.45, 7) is 4.52. The molecule has 1 aliphatic rings. The third-order valence-electron chi connectivity index (χ3n) is 3.82. The fraction of sp³-hybridized carbons (Fsp3) is 0.500. The van der Waals surface area contributed by atoms with Crippen LogP contribution in [0.1, 0.15) is 31.7 Å². The molecule has 0 saturated carbocycles. The Labute approximate surface area is 125 Å². The molecule has 2 N–H and O–H groups in total. The maximum absolute atomic E-state index is 12.5. The molecule has 2 unspecified atom stereocenters. The number of esters is 1. The van der Waals surface area contributed by atoms with Gasteiger partial charge in [0.15, 0.2) is 0 Å². The van der Waals surface area contributed by atoms with Crippen molar-refractivity contribution in [2.75, 3.05) is 19.0 Å².